The number of hydrogen-bond donors (Lipinski definition) is 3. The van der Waals surface area contributed by atoms with Crippen LogP contribution in [0, 0.1) is 0 Å². The van der Waals surface area contributed by atoms with Gasteiger partial charge in [0.05, 0.1) is 17.3 Å². The second-order valence-corrected chi connectivity index (χ2v) is 5.36. The van der Waals surface area contributed by atoms with Gasteiger partial charge in [-0.25, -0.2) is 4.98 Å². The van der Waals surface area contributed by atoms with E-state index < -0.39 is 29.9 Å². The Labute approximate surface area is 151 Å². The number of amides is 2. The normalized spacial score (nSPS) is 10.4. The fourth-order valence-corrected chi connectivity index (χ4v) is 2.31. The standard InChI is InChI=1S/C17H13N5O5/c23-13(24)9-20-16(26)11-4-2-6-22-14(11)19-8-12(17(22)27)21-15(25)10-3-1-5-18-7-10/h1-8H,9H2,(H,20,26)(H,21,25)(H,23,24). The van der Waals surface area contributed by atoms with Crippen LogP contribution in [0.2, 0.25) is 0 Å². The number of anilines is 1. The summed E-state index contributed by atoms with van der Waals surface area (Å²) in [6, 6.07) is 5.98. The summed E-state index contributed by atoms with van der Waals surface area (Å²) in [5.74, 6) is -2.42. The quantitative estimate of drug-likeness (QED) is 0.583. The number of fused-ring (bicyclic) bond motifs is 1. The van der Waals surface area contributed by atoms with Gasteiger partial charge in [0.1, 0.15) is 12.2 Å². The van der Waals surface area contributed by atoms with Crippen LogP contribution < -0.4 is 16.2 Å². The van der Waals surface area contributed by atoms with Crippen LogP contribution in [0.3, 0.4) is 0 Å². The third-order valence-corrected chi connectivity index (χ3v) is 3.55. The van der Waals surface area contributed by atoms with Crippen molar-refractivity contribution in [3.05, 3.63) is 70.5 Å². The van der Waals surface area contributed by atoms with Crippen molar-refractivity contribution < 1.29 is 19.5 Å². The Morgan fingerprint density at radius 1 is 1.11 bits per heavy atom. The molecular formula is C17H13N5O5. The van der Waals surface area contributed by atoms with E-state index in [2.05, 4.69) is 20.6 Å². The van der Waals surface area contributed by atoms with Gasteiger partial charge in [-0.1, -0.05) is 0 Å². The molecule has 10 nitrogen and oxygen atoms in total. The van der Waals surface area contributed by atoms with Crippen LogP contribution in [0.15, 0.2) is 53.8 Å². The first kappa shape index (κ1) is 17.7. The maximum absolute atomic E-state index is 12.6. The molecule has 10 heteroatoms. The summed E-state index contributed by atoms with van der Waals surface area (Å²) in [7, 11) is 0. The van der Waals surface area contributed by atoms with Crippen LogP contribution in [0.1, 0.15) is 20.7 Å². The Morgan fingerprint density at radius 2 is 1.93 bits per heavy atom. The molecule has 0 saturated carbocycles. The number of rotatable bonds is 5. The fourth-order valence-electron chi connectivity index (χ4n) is 2.31. The average Bonchev–Trinajstić information content (AvgIpc) is 2.68. The molecule has 27 heavy (non-hydrogen) atoms. The van der Waals surface area contributed by atoms with Gasteiger partial charge in [0.25, 0.3) is 17.4 Å². The molecule has 2 amide bonds. The van der Waals surface area contributed by atoms with Crippen molar-refractivity contribution in [3.8, 4) is 0 Å². The number of hydrogen-bond acceptors (Lipinski definition) is 6. The first-order valence-electron chi connectivity index (χ1n) is 7.69. The zero-order valence-corrected chi connectivity index (χ0v) is 13.7. The number of pyridine rings is 2. The highest BCUT2D eigenvalue weighted by Gasteiger charge is 2.16. The topological polar surface area (TPSA) is 143 Å². The second-order valence-electron chi connectivity index (χ2n) is 5.36. The molecule has 0 spiro atoms. The van der Waals surface area contributed by atoms with E-state index in [1.807, 2.05) is 0 Å². The van der Waals surface area contributed by atoms with E-state index in [1.54, 1.807) is 12.1 Å². The summed E-state index contributed by atoms with van der Waals surface area (Å²) in [6.45, 7) is -0.566. The lowest BCUT2D eigenvalue weighted by molar-refractivity contribution is -0.135. The van der Waals surface area contributed by atoms with Gasteiger partial charge in [-0.3, -0.25) is 28.6 Å². The van der Waals surface area contributed by atoms with Crippen molar-refractivity contribution in [2.75, 3.05) is 11.9 Å². The van der Waals surface area contributed by atoms with E-state index in [-0.39, 0.29) is 22.5 Å². The van der Waals surface area contributed by atoms with Gasteiger partial charge >= 0.3 is 5.97 Å². The Hall–Kier alpha value is -4.08. The molecule has 0 bridgehead atoms. The largest absolute Gasteiger partial charge is 0.480 e. The van der Waals surface area contributed by atoms with Crippen molar-refractivity contribution >= 4 is 29.1 Å². The lowest BCUT2D eigenvalue weighted by atomic mass is 10.2. The molecule has 3 rings (SSSR count). The SMILES string of the molecule is O=C(O)CNC(=O)c1cccn2c(=O)c(NC(=O)c3cccnc3)cnc12. The third-order valence-electron chi connectivity index (χ3n) is 3.55. The van der Waals surface area contributed by atoms with Crippen molar-refractivity contribution in [3.63, 3.8) is 0 Å². The summed E-state index contributed by atoms with van der Waals surface area (Å²) in [6.07, 6.45) is 5.39. The summed E-state index contributed by atoms with van der Waals surface area (Å²) < 4.78 is 1.09. The lowest BCUT2D eigenvalue weighted by Gasteiger charge is -2.09. The lowest BCUT2D eigenvalue weighted by Crippen LogP contribution is -2.31. The summed E-state index contributed by atoms with van der Waals surface area (Å²) in [5, 5.41) is 13.3. The van der Waals surface area contributed by atoms with Crippen LogP contribution in [-0.4, -0.2) is 43.8 Å². The molecule has 0 aliphatic heterocycles. The van der Waals surface area contributed by atoms with Crippen LogP contribution in [0.4, 0.5) is 5.69 Å². The Bertz CT molecular complexity index is 1090. The Balaban J connectivity index is 1.94. The van der Waals surface area contributed by atoms with Crippen LogP contribution >= 0.6 is 0 Å². The number of carbonyl (C=O) groups is 3. The zero-order chi connectivity index (χ0) is 19.4. The molecule has 3 aromatic rings. The number of carbonyl (C=O) groups excluding carboxylic acids is 2. The number of carboxylic acids is 1. The molecule has 136 valence electrons. The van der Waals surface area contributed by atoms with E-state index in [9.17, 15) is 19.2 Å². The minimum atomic E-state index is -1.20. The molecule has 3 heterocycles. The average molecular weight is 367 g/mol. The van der Waals surface area contributed by atoms with E-state index in [0.29, 0.717) is 0 Å². The molecule has 0 saturated heterocycles. The fraction of sp³-hybridized carbons (Fsp3) is 0.0588. The molecule has 0 aromatic carbocycles. The predicted molar refractivity (Wildman–Crippen MR) is 93.6 cm³/mol. The first-order chi connectivity index (χ1) is 13.0. The predicted octanol–water partition coefficient (Wildman–Crippen LogP) is 0.156. The molecule has 3 aromatic heterocycles. The van der Waals surface area contributed by atoms with Crippen LogP contribution in [0.5, 0.6) is 0 Å². The van der Waals surface area contributed by atoms with Crippen molar-refractivity contribution in [1.29, 1.82) is 0 Å². The van der Waals surface area contributed by atoms with Gasteiger partial charge in [0.2, 0.25) is 0 Å². The van der Waals surface area contributed by atoms with Gasteiger partial charge < -0.3 is 15.7 Å². The molecule has 0 atom stereocenters. The number of carboxylic acid groups (broad SMARTS) is 1. The van der Waals surface area contributed by atoms with Crippen molar-refractivity contribution in [2.24, 2.45) is 0 Å². The van der Waals surface area contributed by atoms with E-state index in [1.165, 1.54) is 30.7 Å². The highest BCUT2D eigenvalue weighted by molar-refractivity contribution is 6.04. The first-order valence-corrected chi connectivity index (χ1v) is 7.69. The third kappa shape index (κ3) is 3.79. The molecule has 0 fully saturated rings. The van der Waals surface area contributed by atoms with Crippen molar-refractivity contribution in [1.82, 2.24) is 19.7 Å². The maximum atomic E-state index is 12.6. The smallest absolute Gasteiger partial charge is 0.322 e. The molecule has 0 aliphatic carbocycles. The highest BCUT2D eigenvalue weighted by atomic mass is 16.4. The van der Waals surface area contributed by atoms with Crippen LogP contribution in [-0.2, 0) is 4.79 Å². The monoisotopic (exact) mass is 367 g/mol. The summed E-state index contributed by atoms with van der Waals surface area (Å²) in [4.78, 5) is 55.4. The Morgan fingerprint density at radius 3 is 2.63 bits per heavy atom. The van der Waals surface area contributed by atoms with E-state index in [4.69, 9.17) is 5.11 Å². The summed E-state index contributed by atoms with van der Waals surface area (Å²) in [5.41, 5.74) is -0.343. The molecule has 3 N–H and O–H groups in total. The molecule has 0 radical (unpaired) electrons. The molecule has 0 aliphatic rings. The minimum Gasteiger partial charge on any atom is -0.480 e. The van der Waals surface area contributed by atoms with E-state index >= 15 is 0 Å². The van der Waals surface area contributed by atoms with Gasteiger partial charge in [0.15, 0.2) is 5.65 Å². The molecule has 0 unspecified atom stereocenters. The second kappa shape index (κ2) is 7.44. The number of nitrogens with zero attached hydrogens (tertiary/aromatic N) is 3. The van der Waals surface area contributed by atoms with Gasteiger partial charge in [-0.05, 0) is 24.3 Å². The minimum absolute atomic E-state index is 0.0287. The highest BCUT2D eigenvalue weighted by Crippen LogP contribution is 2.09. The summed E-state index contributed by atoms with van der Waals surface area (Å²) >= 11 is 0. The van der Waals surface area contributed by atoms with Gasteiger partial charge in [-0.15, -0.1) is 0 Å². The zero-order valence-electron chi connectivity index (χ0n) is 13.7. The van der Waals surface area contributed by atoms with Gasteiger partial charge in [0, 0.05) is 18.6 Å². The maximum Gasteiger partial charge on any atom is 0.322 e. The van der Waals surface area contributed by atoms with Gasteiger partial charge in [-0.2, -0.15) is 0 Å². The number of nitrogens with one attached hydrogen (secondary N) is 2. The van der Waals surface area contributed by atoms with Crippen LogP contribution in [0.25, 0.3) is 5.65 Å². The van der Waals surface area contributed by atoms with E-state index in [0.717, 1.165) is 10.6 Å². The number of aliphatic carboxylic acids is 1. The number of aromatic nitrogens is 3. The Kier molecular flexibility index (Phi) is 4.88. The molecular weight excluding hydrogens is 354 g/mol. The van der Waals surface area contributed by atoms with Crippen molar-refractivity contribution in [2.45, 2.75) is 0 Å².